The minimum absolute atomic E-state index is 0.164. The first-order valence-electron chi connectivity index (χ1n) is 8.82. The van der Waals surface area contributed by atoms with Crippen molar-refractivity contribution in [3.8, 4) is 11.5 Å². The van der Waals surface area contributed by atoms with Crippen LogP contribution in [0.25, 0.3) is 0 Å². The van der Waals surface area contributed by atoms with Gasteiger partial charge in [0.05, 0.1) is 20.3 Å². The number of hydrogen-bond acceptors (Lipinski definition) is 4. The van der Waals surface area contributed by atoms with Gasteiger partial charge in [-0.15, -0.1) is 0 Å². The summed E-state index contributed by atoms with van der Waals surface area (Å²) in [5.41, 5.74) is 1.09. The summed E-state index contributed by atoms with van der Waals surface area (Å²) >= 11 is 1.84. The number of thioether (sulfide) groups is 1. The second-order valence-electron chi connectivity index (χ2n) is 6.35. The van der Waals surface area contributed by atoms with E-state index in [4.69, 9.17) is 9.47 Å². The first-order chi connectivity index (χ1) is 12.0. The average Bonchev–Trinajstić information content (AvgIpc) is 2.62. The number of benzene rings is 1. The van der Waals surface area contributed by atoms with Crippen LogP contribution in [0.5, 0.6) is 11.5 Å². The van der Waals surface area contributed by atoms with E-state index >= 15 is 0 Å². The number of nitrogens with zero attached hydrogens (tertiary/aromatic N) is 1. The van der Waals surface area contributed by atoms with Crippen LogP contribution in [0.4, 0.5) is 0 Å². The minimum Gasteiger partial charge on any atom is -0.493 e. The lowest BCUT2D eigenvalue weighted by Crippen LogP contribution is -2.43. The molecule has 0 aliphatic rings. The van der Waals surface area contributed by atoms with Gasteiger partial charge in [-0.05, 0) is 51.1 Å². The lowest BCUT2D eigenvalue weighted by molar-refractivity contribution is 0.294. The normalized spacial score (nSPS) is 12.0. The number of hydrogen-bond donors (Lipinski definition) is 2. The van der Waals surface area contributed by atoms with E-state index in [1.54, 1.807) is 7.11 Å². The molecule has 0 atom stereocenters. The molecule has 0 aromatic heterocycles. The van der Waals surface area contributed by atoms with Crippen molar-refractivity contribution >= 4 is 17.7 Å². The third-order valence-corrected chi connectivity index (χ3v) is 4.94. The maximum Gasteiger partial charge on any atom is 0.191 e. The van der Waals surface area contributed by atoms with Gasteiger partial charge in [0, 0.05) is 17.8 Å². The molecule has 5 nitrogen and oxygen atoms in total. The Bertz CT molecular complexity index is 547. The molecule has 0 fully saturated rings. The summed E-state index contributed by atoms with van der Waals surface area (Å²) in [4.78, 5) is 4.68. The van der Waals surface area contributed by atoms with E-state index in [1.165, 1.54) is 0 Å². The molecule has 1 aromatic rings. The van der Waals surface area contributed by atoms with E-state index in [0.717, 1.165) is 42.5 Å². The molecule has 0 radical (unpaired) electrons. The maximum absolute atomic E-state index is 5.70. The largest absolute Gasteiger partial charge is 0.493 e. The van der Waals surface area contributed by atoms with Crippen LogP contribution in [0.2, 0.25) is 0 Å². The lowest BCUT2D eigenvalue weighted by Gasteiger charge is -2.23. The van der Waals surface area contributed by atoms with Crippen molar-refractivity contribution in [3.63, 3.8) is 0 Å². The van der Waals surface area contributed by atoms with Crippen LogP contribution in [0.15, 0.2) is 23.2 Å². The highest BCUT2D eigenvalue weighted by Crippen LogP contribution is 2.28. The Morgan fingerprint density at radius 3 is 2.56 bits per heavy atom. The van der Waals surface area contributed by atoms with Gasteiger partial charge in [-0.2, -0.15) is 11.8 Å². The van der Waals surface area contributed by atoms with Crippen LogP contribution in [0.3, 0.4) is 0 Å². The van der Waals surface area contributed by atoms with E-state index in [-0.39, 0.29) is 4.75 Å². The first-order valence-corrected chi connectivity index (χ1v) is 10.0. The zero-order chi connectivity index (χ0) is 18.7. The molecule has 25 heavy (non-hydrogen) atoms. The highest BCUT2D eigenvalue weighted by Gasteiger charge is 2.16. The molecule has 2 N–H and O–H groups in total. The molecule has 0 saturated carbocycles. The minimum atomic E-state index is 0.164. The van der Waals surface area contributed by atoms with Crippen LogP contribution < -0.4 is 20.1 Å². The Balaban J connectivity index is 2.77. The Labute approximate surface area is 157 Å². The van der Waals surface area contributed by atoms with Crippen molar-refractivity contribution in [3.05, 3.63) is 23.8 Å². The van der Waals surface area contributed by atoms with Gasteiger partial charge in [0.15, 0.2) is 17.5 Å². The molecule has 6 heteroatoms. The number of guanidine groups is 1. The summed E-state index contributed by atoms with van der Waals surface area (Å²) in [7, 11) is 1.66. The number of aliphatic imine (C=N–C) groups is 1. The van der Waals surface area contributed by atoms with E-state index in [0.29, 0.717) is 13.2 Å². The van der Waals surface area contributed by atoms with Gasteiger partial charge in [0.25, 0.3) is 0 Å². The monoisotopic (exact) mass is 367 g/mol. The zero-order valence-electron chi connectivity index (χ0n) is 16.4. The average molecular weight is 368 g/mol. The van der Waals surface area contributed by atoms with E-state index < -0.39 is 0 Å². The highest BCUT2D eigenvalue weighted by atomic mass is 32.2. The molecule has 0 spiro atoms. The predicted octanol–water partition coefficient (Wildman–Crippen LogP) is 3.68. The highest BCUT2D eigenvalue weighted by molar-refractivity contribution is 7.99. The van der Waals surface area contributed by atoms with Gasteiger partial charge in [0.1, 0.15) is 0 Å². The summed E-state index contributed by atoms with van der Waals surface area (Å²) < 4.78 is 11.3. The van der Waals surface area contributed by atoms with Gasteiger partial charge in [0.2, 0.25) is 0 Å². The number of rotatable bonds is 10. The summed E-state index contributed by atoms with van der Waals surface area (Å²) in [5, 5.41) is 6.70. The zero-order valence-corrected chi connectivity index (χ0v) is 17.3. The molecular weight excluding hydrogens is 334 g/mol. The fourth-order valence-corrected chi connectivity index (χ4v) is 2.24. The van der Waals surface area contributed by atoms with Gasteiger partial charge in [-0.3, -0.25) is 0 Å². The molecular formula is C19H33N3O2S. The van der Waals surface area contributed by atoms with Crippen LogP contribution in [0, 0.1) is 0 Å². The third-order valence-electron chi connectivity index (χ3n) is 3.69. The molecule has 0 aliphatic carbocycles. The Morgan fingerprint density at radius 2 is 1.96 bits per heavy atom. The summed E-state index contributed by atoms with van der Waals surface area (Å²) in [6.07, 6.45) is 3.10. The van der Waals surface area contributed by atoms with Gasteiger partial charge in [-0.25, -0.2) is 4.99 Å². The molecule has 1 aromatic carbocycles. The fraction of sp³-hybridized carbons (Fsp3) is 0.632. The van der Waals surface area contributed by atoms with Crippen molar-refractivity contribution < 1.29 is 9.47 Å². The second-order valence-corrected chi connectivity index (χ2v) is 7.86. The molecule has 0 aliphatic heterocycles. The summed E-state index contributed by atoms with van der Waals surface area (Å²) in [5.74, 6) is 2.36. The van der Waals surface area contributed by atoms with Crippen molar-refractivity contribution in [1.29, 1.82) is 0 Å². The van der Waals surface area contributed by atoms with E-state index in [1.807, 2.05) is 30.0 Å². The van der Waals surface area contributed by atoms with Crippen molar-refractivity contribution in [2.24, 2.45) is 4.99 Å². The predicted molar refractivity (Wildman–Crippen MR) is 109 cm³/mol. The van der Waals surface area contributed by atoms with Crippen LogP contribution in [0.1, 0.15) is 39.7 Å². The topological polar surface area (TPSA) is 54.9 Å². The second kappa shape index (κ2) is 11.1. The van der Waals surface area contributed by atoms with Crippen molar-refractivity contribution in [2.75, 3.05) is 33.1 Å². The van der Waals surface area contributed by atoms with Crippen molar-refractivity contribution in [1.82, 2.24) is 10.6 Å². The SMILES string of the molecule is CCCOc1ccc(CN=C(NCC)NCC(C)(C)SC)cc1OC. The van der Waals surface area contributed by atoms with E-state index in [9.17, 15) is 0 Å². The van der Waals surface area contributed by atoms with Crippen LogP contribution in [-0.4, -0.2) is 43.8 Å². The van der Waals surface area contributed by atoms with Crippen LogP contribution >= 0.6 is 11.8 Å². The first kappa shape index (κ1) is 21.5. The van der Waals surface area contributed by atoms with Crippen molar-refractivity contribution in [2.45, 2.75) is 45.4 Å². The molecule has 0 unspecified atom stereocenters. The van der Waals surface area contributed by atoms with Gasteiger partial charge < -0.3 is 20.1 Å². The quantitative estimate of drug-likeness (QED) is 0.488. The van der Waals surface area contributed by atoms with E-state index in [2.05, 4.69) is 49.6 Å². The smallest absolute Gasteiger partial charge is 0.191 e. The van der Waals surface area contributed by atoms with Gasteiger partial charge >= 0.3 is 0 Å². The Kier molecular flexibility index (Phi) is 9.57. The summed E-state index contributed by atoms with van der Waals surface area (Å²) in [6, 6.07) is 5.98. The van der Waals surface area contributed by atoms with Crippen LogP contribution in [-0.2, 0) is 6.54 Å². The molecule has 142 valence electrons. The fourth-order valence-electron chi connectivity index (χ4n) is 2.02. The molecule has 1 rings (SSSR count). The summed E-state index contributed by atoms with van der Waals surface area (Å²) in [6.45, 7) is 11.5. The third kappa shape index (κ3) is 7.90. The number of ether oxygens (including phenoxy) is 2. The number of nitrogens with one attached hydrogen (secondary N) is 2. The lowest BCUT2D eigenvalue weighted by atomic mass is 10.2. The standard InChI is InChI=1S/C19H33N3O2S/c1-7-11-24-16-10-9-15(12-17(16)23-5)13-21-18(20-8-2)22-14-19(3,4)25-6/h9-10,12H,7-8,11,13-14H2,1-6H3,(H2,20,21,22). The Hall–Kier alpha value is -1.56. The molecule has 0 saturated heterocycles. The maximum atomic E-state index is 5.70. The molecule has 0 heterocycles. The molecule has 0 amide bonds. The Morgan fingerprint density at radius 1 is 1.20 bits per heavy atom. The van der Waals surface area contributed by atoms with Gasteiger partial charge in [-0.1, -0.05) is 13.0 Å². The number of methoxy groups -OCH3 is 1. The molecule has 0 bridgehead atoms.